The molecule has 0 aromatic rings. The summed E-state index contributed by atoms with van der Waals surface area (Å²) in [5.41, 5.74) is 0. The van der Waals surface area contributed by atoms with E-state index in [-0.39, 0.29) is 0 Å². The SMILES string of the molecule is O=CCCCCCCCC1CO1. The zero-order chi connectivity index (χ0) is 8.65. The van der Waals surface area contributed by atoms with Crippen LogP contribution in [-0.2, 0) is 9.53 Å². The average Bonchev–Trinajstić information content (AvgIpc) is 2.87. The van der Waals surface area contributed by atoms with E-state index in [1.54, 1.807) is 0 Å². The van der Waals surface area contributed by atoms with Crippen molar-refractivity contribution in [3.63, 3.8) is 0 Å². The summed E-state index contributed by atoms with van der Waals surface area (Å²) in [5, 5.41) is 0. The van der Waals surface area contributed by atoms with Gasteiger partial charge in [0.15, 0.2) is 0 Å². The fourth-order valence-electron chi connectivity index (χ4n) is 1.36. The highest BCUT2D eigenvalue weighted by Crippen LogP contribution is 2.17. The molecule has 1 fully saturated rings. The van der Waals surface area contributed by atoms with E-state index in [9.17, 15) is 4.79 Å². The standard InChI is InChI=1S/C10H18O2/c11-8-6-4-2-1-3-5-7-10-9-12-10/h8,10H,1-7,9H2. The zero-order valence-corrected chi connectivity index (χ0v) is 7.63. The number of hydrogen-bond donors (Lipinski definition) is 0. The summed E-state index contributed by atoms with van der Waals surface area (Å²) < 4.78 is 5.11. The predicted molar refractivity (Wildman–Crippen MR) is 48.1 cm³/mol. The first-order valence-electron chi connectivity index (χ1n) is 4.98. The Bertz CT molecular complexity index is 119. The molecule has 1 saturated heterocycles. The lowest BCUT2D eigenvalue weighted by atomic mass is 10.1. The van der Waals surface area contributed by atoms with Crippen LogP contribution in [0.2, 0.25) is 0 Å². The van der Waals surface area contributed by atoms with Crippen molar-refractivity contribution in [2.75, 3.05) is 6.61 Å². The molecule has 0 bridgehead atoms. The van der Waals surface area contributed by atoms with Crippen molar-refractivity contribution in [3.8, 4) is 0 Å². The highest BCUT2D eigenvalue weighted by Gasteiger charge is 2.20. The van der Waals surface area contributed by atoms with Gasteiger partial charge in [0.1, 0.15) is 6.29 Å². The maximum absolute atomic E-state index is 9.97. The molecule has 0 saturated carbocycles. The van der Waals surface area contributed by atoms with Crippen molar-refractivity contribution in [3.05, 3.63) is 0 Å². The Balaban J connectivity index is 1.67. The van der Waals surface area contributed by atoms with Crippen LogP contribution in [0.15, 0.2) is 0 Å². The quantitative estimate of drug-likeness (QED) is 0.318. The lowest BCUT2D eigenvalue weighted by Gasteiger charge is -1.97. The topological polar surface area (TPSA) is 29.6 Å². The van der Waals surface area contributed by atoms with Gasteiger partial charge in [-0.1, -0.05) is 25.7 Å². The minimum Gasteiger partial charge on any atom is -0.373 e. The van der Waals surface area contributed by atoms with Gasteiger partial charge in [-0.2, -0.15) is 0 Å². The first kappa shape index (κ1) is 9.72. The molecule has 0 spiro atoms. The number of carbonyl (C=O) groups is 1. The van der Waals surface area contributed by atoms with Gasteiger partial charge in [0.05, 0.1) is 12.7 Å². The second kappa shape index (κ2) is 6.18. The van der Waals surface area contributed by atoms with Crippen LogP contribution in [0.5, 0.6) is 0 Å². The summed E-state index contributed by atoms with van der Waals surface area (Å²) in [6.07, 6.45) is 9.76. The van der Waals surface area contributed by atoms with Gasteiger partial charge in [-0.3, -0.25) is 0 Å². The van der Waals surface area contributed by atoms with Crippen molar-refractivity contribution < 1.29 is 9.53 Å². The number of rotatable bonds is 8. The van der Waals surface area contributed by atoms with Crippen molar-refractivity contribution >= 4 is 6.29 Å². The third kappa shape index (κ3) is 5.30. The van der Waals surface area contributed by atoms with Gasteiger partial charge in [-0.15, -0.1) is 0 Å². The van der Waals surface area contributed by atoms with E-state index in [0.29, 0.717) is 6.10 Å². The van der Waals surface area contributed by atoms with Crippen molar-refractivity contribution in [2.24, 2.45) is 0 Å². The third-order valence-electron chi connectivity index (χ3n) is 2.25. The van der Waals surface area contributed by atoms with E-state index in [2.05, 4.69) is 0 Å². The smallest absolute Gasteiger partial charge is 0.119 e. The summed E-state index contributed by atoms with van der Waals surface area (Å²) >= 11 is 0. The molecule has 2 nitrogen and oxygen atoms in total. The van der Waals surface area contributed by atoms with Crippen molar-refractivity contribution in [1.29, 1.82) is 0 Å². The second-order valence-corrected chi connectivity index (χ2v) is 3.47. The van der Waals surface area contributed by atoms with Crippen LogP contribution in [0, 0.1) is 0 Å². The molecule has 12 heavy (non-hydrogen) atoms. The van der Waals surface area contributed by atoms with E-state index >= 15 is 0 Å². The van der Waals surface area contributed by atoms with Gasteiger partial charge in [-0.05, 0) is 12.8 Å². The number of hydrogen-bond acceptors (Lipinski definition) is 2. The molecule has 0 radical (unpaired) electrons. The summed E-state index contributed by atoms with van der Waals surface area (Å²) in [5.74, 6) is 0. The maximum atomic E-state index is 9.97. The minimum atomic E-state index is 0.597. The fourth-order valence-corrected chi connectivity index (χ4v) is 1.36. The highest BCUT2D eigenvalue weighted by atomic mass is 16.6. The molecule has 2 heteroatoms. The van der Waals surface area contributed by atoms with Gasteiger partial charge in [-0.25, -0.2) is 0 Å². The number of ether oxygens (including phenoxy) is 1. The monoisotopic (exact) mass is 170 g/mol. The molecule has 1 aliphatic rings. The maximum Gasteiger partial charge on any atom is 0.119 e. The van der Waals surface area contributed by atoms with E-state index in [4.69, 9.17) is 4.74 Å². The molecule has 1 rings (SSSR count). The van der Waals surface area contributed by atoms with Crippen LogP contribution in [0.25, 0.3) is 0 Å². The molecule has 0 aliphatic carbocycles. The van der Waals surface area contributed by atoms with E-state index < -0.39 is 0 Å². The Kier molecular flexibility index (Phi) is 5.00. The predicted octanol–water partition coefficient (Wildman–Crippen LogP) is 2.31. The van der Waals surface area contributed by atoms with E-state index in [0.717, 1.165) is 25.7 Å². The minimum absolute atomic E-state index is 0.597. The van der Waals surface area contributed by atoms with Crippen LogP contribution in [-0.4, -0.2) is 19.0 Å². The Morgan fingerprint density at radius 2 is 1.83 bits per heavy atom. The lowest BCUT2D eigenvalue weighted by molar-refractivity contribution is -0.107. The van der Waals surface area contributed by atoms with E-state index in [1.165, 1.54) is 32.1 Å². The van der Waals surface area contributed by atoms with Crippen LogP contribution in [0.1, 0.15) is 44.9 Å². The summed E-state index contributed by atoms with van der Waals surface area (Å²) in [6, 6.07) is 0. The van der Waals surface area contributed by atoms with Crippen LogP contribution in [0.3, 0.4) is 0 Å². The molecule has 0 aromatic heterocycles. The van der Waals surface area contributed by atoms with Gasteiger partial charge < -0.3 is 9.53 Å². The molecular formula is C10H18O2. The number of carbonyl (C=O) groups excluding carboxylic acids is 1. The molecule has 0 N–H and O–H groups in total. The first-order chi connectivity index (χ1) is 5.93. The summed E-state index contributed by atoms with van der Waals surface area (Å²) in [6.45, 7) is 0.991. The molecule has 1 heterocycles. The number of unbranched alkanes of at least 4 members (excludes halogenated alkanes) is 5. The first-order valence-corrected chi connectivity index (χ1v) is 4.98. The summed E-state index contributed by atoms with van der Waals surface area (Å²) in [4.78, 5) is 9.97. The third-order valence-corrected chi connectivity index (χ3v) is 2.25. The van der Waals surface area contributed by atoms with Crippen molar-refractivity contribution in [1.82, 2.24) is 0 Å². The van der Waals surface area contributed by atoms with Gasteiger partial charge >= 0.3 is 0 Å². The normalized spacial score (nSPS) is 20.8. The molecule has 70 valence electrons. The van der Waals surface area contributed by atoms with Crippen LogP contribution in [0.4, 0.5) is 0 Å². The Morgan fingerprint density at radius 1 is 1.17 bits per heavy atom. The molecule has 1 atom stereocenters. The molecule has 1 unspecified atom stereocenters. The Labute approximate surface area is 74.3 Å². The number of epoxide rings is 1. The summed E-state index contributed by atoms with van der Waals surface area (Å²) in [7, 11) is 0. The second-order valence-electron chi connectivity index (χ2n) is 3.47. The molecule has 0 aromatic carbocycles. The molecule has 0 amide bonds. The molecular weight excluding hydrogens is 152 g/mol. The Morgan fingerprint density at radius 3 is 2.50 bits per heavy atom. The van der Waals surface area contributed by atoms with E-state index in [1.807, 2.05) is 0 Å². The Hall–Kier alpha value is -0.370. The zero-order valence-electron chi connectivity index (χ0n) is 7.63. The van der Waals surface area contributed by atoms with Crippen LogP contribution < -0.4 is 0 Å². The molecule has 1 aliphatic heterocycles. The van der Waals surface area contributed by atoms with Gasteiger partial charge in [0.2, 0.25) is 0 Å². The highest BCUT2D eigenvalue weighted by molar-refractivity contribution is 5.48. The fraction of sp³-hybridized carbons (Fsp3) is 0.900. The lowest BCUT2D eigenvalue weighted by Crippen LogP contribution is -1.85. The van der Waals surface area contributed by atoms with Gasteiger partial charge in [0.25, 0.3) is 0 Å². The average molecular weight is 170 g/mol. The van der Waals surface area contributed by atoms with Crippen molar-refractivity contribution in [2.45, 2.75) is 51.0 Å². The number of aldehydes is 1. The van der Waals surface area contributed by atoms with Gasteiger partial charge in [0, 0.05) is 6.42 Å². The largest absolute Gasteiger partial charge is 0.373 e. The van der Waals surface area contributed by atoms with Crippen LogP contribution >= 0.6 is 0 Å².